The van der Waals surface area contributed by atoms with Crippen molar-refractivity contribution in [1.29, 1.82) is 0 Å². The summed E-state index contributed by atoms with van der Waals surface area (Å²) >= 11 is 0. The van der Waals surface area contributed by atoms with Gasteiger partial charge < -0.3 is 11.1 Å². The Kier molecular flexibility index (Phi) is 3.14. The van der Waals surface area contributed by atoms with Crippen LogP contribution in [0, 0.1) is 5.82 Å². The zero-order valence-corrected chi connectivity index (χ0v) is 10.8. The maximum atomic E-state index is 13.2. The Morgan fingerprint density at radius 2 is 1.95 bits per heavy atom. The van der Waals surface area contributed by atoms with Gasteiger partial charge in [-0.05, 0) is 30.2 Å². The molecular weight excluding hydrogens is 255 g/mol. The topological polar surface area (TPSA) is 55.1 Å². The minimum atomic E-state index is -0.495. The smallest absolute Gasteiger partial charge is 0.251 e. The molecule has 1 aliphatic rings. The molecule has 4 heteroatoms. The Morgan fingerprint density at radius 3 is 2.65 bits per heavy atom. The van der Waals surface area contributed by atoms with Gasteiger partial charge in [0, 0.05) is 23.2 Å². The number of hydrogen-bond donors (Lipinski definition) is 2. The van der Waals surface area contributed by atoms with Gasteiger partial charge in [-0.3, -0.25) is 4.79 Å². The molecule has 3 rings (SSSR count). The summed E-state index contributed by atoms with van der Waals surface area (Å²) in [7, 11) is 0. The molecule has 0 radical (unpaired) electrons. The van der Waals surface area contributed by atoms with Crippen LogP contribution in [0.5, 0.6) is 0 Å². The van der Waals surface area contributed by atoms with E-state index >= 15 is 0 Å². The van der Waals surface area contributed by atoms with Gasteiger partial charge in [-0.2, -0.15) is 0 Å². The second-order valence-electron chi connectivity index (χ2n) is 5.11. The van der Waals surface area contributed by atoms with E-state index in [-0.39, 0.29) is 23.2 Å². The number of carbonyl (C=O) groups is 1. The normalized spacial score (nSPS) is 20.4. The SMILES string of the molecule is Nc1cc(F)cc(C(=O)NC2CC2c2ccccc2)c1. The summed E-state index contributed by atoms with van der Waals surface area (Å²) < 4.78 is 13.2. The highest BCUT2D eigenvalue weighted by atomic mass is 19.1. The third-order valence-electron chi connectivity index (χ3n) is 3.52. The minimum absolute atomic E-state index is 0.120. The van der Waals surface area contributed by atoms with E-state index in [0.29, 0.717) is 5.92 Å². The summed E-state index contributed by atoms with van der Waals surface area (Å²) in [6.07, 6.45) is 0.917. The first-order chi connectivity index (χ1) is 9.63. The van der Waals surface area contributed by atoms with Crippen molar-refractivity contribution >= 4 is 11.6 Å². The fourth-order valence-corrected chi connectivity index (χ4v) is 2.42. The third kappa shape index (κ3) is 2.64. The molecule has 1 fully saturated rings. The number of halogens is 1. The lowest BCUT2D eigenvalue weighted by Crippen LogP contribution is -2.26. The minimum Gasteiger partial charge on any atom is -0.399 e. The molecule has 3 N–H and O–H groups in total. The van der Waals surface area contributed by atoms with E-state index in [4.69, 9.17) is 5.73 Å². The number of nitrogens with two attached hydrogens (primary N) is 1. The van der Waals surface area contributed by atoms with E-state index in [2.05, 4.69) is 17.4 Å². The Morgan fingerprint density at radius 1 is 1.20 bits per heavy atom. The lowest BCUT2D eigenvalue weighted by Gasteiger charge is -2.06. The van der Waals surface area contributed by atoms with Gasteiger partial charge in [-0.25, -0.2) is 4.39 Å². The maximum absolute atomic E-state index is 13.2. The average Bonchev–Trinajstić information content (AvgIpc) is 3.18. The van der Waals surface area contributed by atoms with Gasteiger partial charge in [0.2, 0.25) is 0 Å². The van der Waals surface area contributed by atoms with Gasteiger partial charge in [-0.15, -0.1) is 0 Å². The Balaban J connectivity index is 1.66. The summed E-state index contributed by atoms with van der Waals surface area (Å²) in [6.45, 7) is 0. The highest BCUT2D eigenvalue weighted by molar-refractivity contribution is 5.95. The van der Waals surface area contributed by atoms with Crippen LogP contribution in [0.4, 0.5) is 10.1 Å². The van der Waals surface area contributed by atoms with Crippen LogP contribution in [0.25, 0.3) is 0 Å². The molecule has 0 heterocycles. The maximum Gasteiger partial charge on any atom is 0.251 e. The van der Waals surface area contributed by atoms with Gasteiger partial charge in [-0.1, -0.05) is 30.3 Å². The summed E-state index contributed by atoms with van der Waals surface area (Å²) in [5.41, 5.74) is 7.28. The second-order valence-corrected chi connectivity index (χ2v) is 5.11. The third-order valence-corrected chi connectivity index (χ3v) is 3.52. The van der Waals surface area contributed by atoms with Crippen molar-refractivity contribution in [2.45, 2.75) is 18.4 Å². The first-order valence-corrected chi connectivity index (χ1v) is 6.55. The monoisotopic (exact) mass is 270 g/mol. The first kappa shape index (κ1) is 12.7. The molecule has 2 unspecified atom stereocenters. The number of nitrogen functional groups attached to an aromatic ring is 1. The van der Waals surface area contributed by atoms with Crippen LogP contribution in [0.15, 0.2) is 48.5 Å². The van der Waals surface area contributed by atoms with E-state index < -0.39 is 5.82 Å². The molecule has 102 valence electrons. The Labute approximate surface area is 116 Å². The van der Waals surface area contributed by atoms with Crippen LogP contribution in [0.1, 0.15) is 28.3 Å². The molecule has 2 aromatic rings. The second kappa shape index (κ2) is 4.96. The van der Waals surface area contributed by atoms with Gasteiger partial charge in [0.15, 0.2) is 0 Å². The number of carbonyl (C=O) groups excluding carboxylic acids is 1. The van der Waals surface area contributed by atoms with Gasteiger partial charge in [0.25, 0.3) is 5.91 Å². The predicted molar refractivity (Wildman–Crippen MR) is 75.9 cm³/mol. The molecule has 1 amide bonds. The molecular formula is C16H15FN2O. The van der Waals surface area contributed by atoms with E-state index in [1.807, 2.05) is 18.2 Å². The van der Waals surface area contributed by atoms with Crippen LogP contribution in [-0.2, 0) is 0 Å². The highest BCUT2D eigenvalue weighted by Crippen LogP contribution is 2.40. The van der Waals surface area contributed by atoms with Crippen LogP contribution in [0.3, 0.4) is 0 Å². The van der Waals surface area contributed by atoms with Crippen molar-refractivity contribution in [2.75, 3.05) is 5.73 Å². The van der Waals surface area contributed by atoms with E-state index in [9.17, 15) is 9.18 Å². The van der Waals surface area contributed by atoms with Crippen molar-refractivity contribution < 1.29 is 9.18 Å². The van der Waals surface area contributed by atoms with Crippen molar-refractivity contribution in [3.8, 4) is 0 Å². The fourth-order valence-electron chi connectivity index (χ4n) is 2.42. The Bertz CT molecular complexity index is 622. The van der Waals surface area contributed by atoms with Crippen molar-refractivity contribution in [3.63, 3.8) is 0 Å². The molecule has 0 bridgehead atoms. The molecule has 1 saturated carbocycles. The summed E-state index contributed by atoms with van der Waals surface area (Å²) in [5.74, 6) is -0.420. The molecule has 2 aromatic carbocycles. The van der Waals surface area contributed by atoms with E-state index in [1.165, 1.54) is 23.8 Å². The molecule has 0 saturated heterocycles. The summed E-state index contributed by atoms with van der Waals surface area (Å²) in [5, 5.41) is 2.91. The summed E-state index contributed by atoms with van der Waals surface area (Å²) in [4.78, 5) is 12.0. The molecule has 1 aliphatic carbocycles. The van der Waals surface area contributed by atoms with Crippen molar-refractivity contribution in [2.24, 2.45) is 0 Å². The molecule has 0 aliphatic heterocycles. The number of hydrogen-bond acceptors (Lipinski definition) is 2. The van der Waals surface area contributed by atoms with Crippen LogP contribution >= 0.6 is 0 Å². The fraction of sp³-hybridized carbons (Fsp3) is 0.188. The number of benzene rings is 2. The molecule has 3 nitrogen and oxygen atoms in total. The first-order valence-electron chi connectivity index (χ1n) is 6.55. The number of rotatable bonds is 3. The lowest BCUT2D eigenvalue weighted by atomic mass is 10.1. The molecule has 0 aromatic heterocycles. The Hall–Kier alpha value is -2.36. The largest absolute Gasteiger partial charge is 0.399 e. The van der Waals surface area contributed by atoms with Gasteiger partial charge >= 0.3 is 0 Å². The number of anilines is 1. The lowest BCUT2D eigenvalue weighted by molar-refractivity contribution is 0.0950. The zero-order valence-electron chi connectivity index (χ0n) is 10.8. The highest BCUT2D eigenvalue weighted by Gasteiger charge is 2.39. The van der Waals surface area contributed by atoms with Crippen molar-refractivity contribution in [1.82, 2.24) is 5.32 Å². The van der Waals surface area contributed by atoms with E-state index in [1.54, 1.807) is 0 Å². The van der Waals surface area contributed by atoms with Crippen LogP contribution in [-0.4, -0.2) is 11.9 Å². The quantitative estimate of drug-likeness (QED) is 0.842. The zero-order chi connectivity index (χ0) is 14.1. The van der Waals surface area contributed by atoms with Crippen LogP contribution in [0.2, 0.25) is 0 Å². The van der Waals surface area contributed by atoms with Gasteiger partial charge in [0.1, 0.15) is 5.82 Å². The standard InChI is InChI=1S/C16H15FN2O/c17-12-6-11(7-13(18)8-12)16(20)19-15-9-14(15)10-4-2-1-3-5-10/h1-8,14-15H,9,18H2,(H,19,20). The molecule has 20 heavy (non-hydrogen) atoms. The van der Waals surface area contributed by atoms with Crippen LogP contribution < -0.4 is 11.1 Å². The summed E-state index contributed by atoms with van der Waals surface area (Å²) in [6, 6.07) is 14.0. The van der Waals surface area contributed by atoms with Gasteiger partial charge in [0.05, 0.1) is 0 Å². The number of amides is 1. The predicted octanol–water partition coefficient (Wildman–Crippen LogP) is 2.69. The average molecular weight is 270 g/mol. The van der Waals surface area contributed by atoms with Crippen molar-refractivity contribution in [3.05, 3.63) is 65.5 Å². The van der Waals surface area contributed by atoms with E-state index in [0.717, 1.165) is 6.42 Å². The number of nitrogens with one attached hydrogen (secondary N) is 1. The molecule has 0 spiro atoms. The molecule has 2 atom stereocenters.